The first-order chi connectivity index (χ1) is 12.1. The molecule has 7 heteroatoms. The van der Waals surface area contributed by atoms with E-state index in [1.54, 1.807) is 35.6 Å². The molecule has 1 N–H and O–H groups in total. The van der Waals surface area contributed by atoms with Gasteiger partial charge in [0.2, 0.25) is 0 Å². The van der Waals surface area contributed by atoms with Crippen molar-refractivity contribution in [2.24, 2.45) is 0 Å². The number of hydrogen-bond acceptors (Lipinski definition) is 6. The Morgan fingerprint density at radius 1 is 1.28 bits per heavy atom. The number of aryl methyl sites for hydroxylation is 2. The van der Waals surface area contributed by atoms with Crippen LogP contribution < -0.4 is 15.4 Å². The van der Waals surface area contributed by atoms with Crippen LogP contribution in [0.15, 0.2) is 29.1 Å². The van der Waals surface area contributed by atoms with Gasteiger partial charge < -0.3 is 19.6 Å². The van der Waals surface area contributed by atoms with Gasteiger partial charge in [0.05, 0.1) is 16.9 Å². The number of hydrogen-bond donors (Lipinski definition) is 1. The van der Waals surface area contributed by atoms with Crippen LogP contribution in [0.25, 0.3) is 21.6 Å². The van der Waals surface area contributed by atoms with E-state index in [1.165, 1.54) is 4.88 Å². The molecule has 1 aromatic carbocycles. The van der Waals surface area contributed by atoms with Crippen molar-refractivity contribution in [3.05, 3.63) is 45.1 Å². The van der Waals surface area contributed by atoms with E-state index in [2.05, 4.69) is 9.97 Å². The zero-order valence-corrected chi connectivity index (χ0v) is 14.1. The van der Waals surface area contributed by atoms with Crippen LogP contribution in [0.2, 0.25) is 0 Å². The standard InChI is InChI=1S/C18H16N2O4S/c21-14(22)9-24-12-7-3-1-5-10(12)16-19-17(23)15-11-6-2-4-8-13(11)25-18(15)20-16/h1,3,5,7H,2,4,6,8-9H2,(H,21,22)(H,19,20,23)/p-1. The molecule has 2 aromatic heterocycles. The highest BCUT2D eigenvalue weighted by Crippen LogP contribution is 2.35. The van der Waals surface area contributed by atoms with Crippen molar-refractivity contribution in [3.8, 4) is 17.1 Å². The number of carboxylic acids is 1. The summed E-state index contributed by atoms with van der Waals surface area (Å²) in [4.78, 5) is 32.7. The Morgan fingerprint density at radius 2 is 2.08 bits per heavy atom. The number of fused-ring (bicyclic) bond motifs is 3. The zero-order chi connectivity index (χ0) is 17.4. The first-order valence-corrected chi connectivity index (χ1v) is 8.92. The lowest BCUT2D eigenvalue weighted by Crippen LogP contribution is -2.29. The maximum Gasteiger partial charge on any atom is 0.260 e. The average molecular weight is 355 g/mol. The molecular weight excluding hydrogens is 340 g/mol. The van der Waals surface area contributed by atoms with E-state index in [4.69, 9.17) is 4.74 Å². The predicted molar refractivity (Wildman–Crippen MR) is 92.8 cm³/mol. The Bertz CT molecular complexity index is 1020. The van der Waals surface area contributed by atoms with Crippen LogP contribution in [0, 0.1) is 0 Å². The van der Waals surface area contributed by atoms with E-state index in [9.17, 15) is 14.7 Å². The number of carbonyl (C=O) groups is 1. The van der Waals surface area contributed by atoms with Gasteiger partial charge in [0, 0.05) is 4.88 Å². The molecule has 2 heterocycles. The molecule has 25 heavy (non-hydrogen) atoms. The smallest absolute Gasteiger partial charge is 0.260 e. The fourth-order valence-electron chi connectivity index (χ4n) is 3.22. The third kappa shape index (κ3) is 2.91. The third-order valence-electron chi connectivity index (χ3n) is 4.31. The molecule has 0 atom stereocenters. The molecule has 4 rings (SSSR count). The number of rotatable bonds is 4. The second-order valence-corrected chi connectivity index (χ2v) is 7.05. The summed E-state index contributed by atoms with van der Waals surface area (Å²) in [7, 11) is 0. The number of nitrogens with zero attached hydrogens (tertiary/aromatic N) is 1. The largest absolute Gasteiger partial charge is 0.546 e. The Balaban J connectivity index is 1.83. The van der Waals surface area contributed by atoms with E-state index in [0.29, 0.717) is 22.5 Å². The van der Waals surface area contributed by atoms with Crippen LogP contribution in [0.4, 0.5) is 0 Å². The van der Waals surface area contributed by atoms with Crippen LogP contribution in [0.3, 0.4) is 0 Å². The molecular formula is C18H15N2O4S-. The van der Waals surface area contributed by atoms with Gasteiger partial charge in [-0.05, 0) is 43.4 Å². The summed E-state index contributed by atoms with van der Waals surface area (Å²) in [5.41, 5.74) is 1.52. The summed E-state index contributed by atoms with van der Waals surface area (Å²) in [6, 6.07) is 6.89. The molecule has 0 unspecified atom stereocenters. The molecule has 0 aliphatic heterocycles. The highest BCUT2D eigenvalue weighted by molar-refractivity contribution is 7.18. The molecule has 0 amide bonds. The van der Waals surface area contributed by atoms with Crippen molar-refractivity contribution in [1.29, 1.82) is 0 Å². The number of aromatic amines is 1. The summed E-state index contributed by atoms with van der Waals surface area (Å²) >= 11 is 1.57. The van der Waals surface area contributed by atoms with Crippen molar-refractivity contribution in [2.45, 2.75) is 25.7 Å². The van der Waals surface area contributed by atoms with Gasteiger partial charge in [-0.2, -0.15) is 0 Å². The topological polar surface area (TPSA) is 95.1 Å². The highest BCUT2D eigenvalue weighted by Gasteiger charge is 2.20. The molecule has 128 valence electrons. The summed E-state index contributed by atoms with van der Waals surface area (Å²) in [6.45, 7) is -0.559. The van der Waals surface area contributed by atoms with Gasteiger partial charge in [-0.15, -0.1) is 11.3 Å². The SMILES string of the molecule is O=C([O-])COc1ccccc1-c1nc2sc3c(c2c(=O)[nH]1)CCCC3. The van der Waals surface area contributed by atoms with Crippen LogP contribution >= 0.6 is 11.3 Å². The molecule has 1 aliphatic rings. The lowest BCUT2D eigenvalue weighted by molar-refractivity contribution is -0.307. The number of aliphatic carboxylic acids is 1. The molecule has 6 nitrogen and oxygen atoms in total. The first kappa shape index (κ1) is 15.8. The number of para-hydroxylation sites is 1. The maximum absolute atomic E-state index is 12.6. The van der Waals surface area contributed by atoms with Gasteiger partial charge in [-0.3, -0.25) is 4.79 Å². The Morgan fingerprint density at radius 3 is 2.92 bits per heavy atom. The first-order valence-electron chi connectivity index (χ1n) is 8.10. The number of ether oxygens (including phenoxy) is 1. The van der Waals surface area contributed by atoms with Crippen LogP contribution in [-0.2, 0) is 17.6 Å². The molecule has 0 radical (unpaired) electrons. The number of aromatic nitrogens is 2. The number of carboxylic acid groups (broad SMARTS) is 1. The fourth-order valence-corrected chi connectivity index (χ4v) is 4.48. The van der Waals surface area contributed by atoms with Gasteiger partial charge in [0.1, 0.15) is 23.0 Å². The lowest BCUT2D eigenvalue weighted by atomic mass is 9.97. The molecule has 3 aromatic rings. The van der Waals surface area contributed by atoms with Crippen molar-refractivity contribution in [1.82, 2.24) is 9.97 Å². The lowest BCUT2D eigenvalue weighted by Gasteiger charge is -2.11. The Hall–Kier alpha value is -2.67. The Labute approximate surface area is 147 Å². The van der Waals surface area contributed by atoms with Crippen molar-refractivity contribution in [2.75, 3.05) is 6.61 Å². The fraction of sp³-hybridized carbons (Fsp3) is 0.278. The summed E-state index contributed by atoms with van der Waals surface area (Å²) in [5.74, 6) is -0.585. The number of carbonyl (C=O) groups excluding carboxylic acids is 1. The normalized spacial score (nSPS) is 13.6. The van der Waals surface area contributed by atoms with E-state index in [-0.39, 0.29) is 5.56 Å². The highest BCUT2D eigenvalue weighted by atomic mass is 32.1. The predicted octanol–water partition coefficient (Wildman–Crippen LogP) is 1.66. The zero-order valence-electron chi connectivity index (χ0n) is 13.3. The van der Waals surface area contributed by atoms with E-state index < -0.39 is 12.6 Å². The minimum Gasteiger partial charge on any atom is -0.546 e. The second-order valence-electron chi connectivity index (χ2n) is 5.96. The van der Waals surface area contributed by atoms with E-state index in [0.717, 1.165) is 36.1 Å². The van der Waals surface area contributed by atoms with Gasteiger partial charge in [0.15, 0.2) is 0 Å². The minimum atomic E-state index is -1.31. The van der Waals surface area contributed by atoms with Gasteiger partial charge in [-0.1, -0.05) is 12.1 Å². The summed E-state index contributed by atoms with van der Waals surface area (Å²) < 4.78 is 5.27. The average Bonchev–Trinajstić information content (AvgIpc) is 2.99. The van der Waals surface area contributed by atoms with Crippen molar-refractivity contribution < 1.29 is 14.6 Å². The molecule has 1 aliphatic carbocycles. The van der Waals surface area contributed by atoms with Gasteiger partial charge >= 0.3 is 0 Å². The third-order valence-corrected chi connectivity index (χ3v) is 5.50. The number of nitrogens with one attached hydrogen (secondary N) is 1. The number of thiophene rings is 1. The molecule has 0 saturated heterocycles. The molecule has 0 fully saturated rings. The van der Waals surface area contributed by atoms with Crippen LogP contribution in [-0.4, -0.2) is 22.5 Å². The van der Waals surface area contributed by atoms with Gasteiger partial charge in [-0.25, -0.2) is 4.98 Å². The quantitative estimate of drug-likeness (QED) is 0.768. The van der Waals surface area contributed by atoms with Crippen molar-refractivity contribution >= 4 is 27.5 Å². The van der Waals surface area contributed by atoms with Gasteiger partial charge in [0.25, 0.3) is 5.56 Å². The summed E-state index contributed by atoms with van der Waals surface area (Å²) in [5, 5.41) is 11.3. The summed E-state index contributed by atoms with van der Waals surface area (Å²) in [6.07, 6.45) is 4.16. The minimum absolute atomic E-state index is 0.158. The maximum atomic E-state index is 12.6. The molecule has 0 bridgehead atoms. The number of H-pyrrole nitrogens is 1. The van der Waals surface area contributed by atoms with Crippen LogP contribution in [0.1, 0.15) is 23.3 Å². The van der Waals surface area contributed by atoms with E-state index >= 15 is 0 Å². The molecule has 0 spiro atoms. The monoisotopic (exact) mass is 355 g/mol. The molecule has 0 saturated carbocycles. The Kier molecular flexibility index (Phi) is 4.01. The van der Waals surface area contributed by atoms with Crippen molar-refractivity contribution in [3.63, 3.8) is 0 Å². The van der Waals surface area contributed by atoms with Crippen LogP contribution in [0.5, 0.6) is 5.75 Å². The van der Waals surface area contributed by atoms with E-state index in [1.807, 2.05) is 0 Å². The second kappa shape index (κ2) is 6.33. The number of benzene rings is 1.